The van der Waals surface area contributed by atoms with Crippen LogP contribution in [0.15, 0.2) is 0 Å². The zero-order chi connectivity index (χ0) is 5.86. The topological polar surface area (TPSA) is 83.8 Å². The van der Waals surface area contributed by atoms with Crippen molar-refractivity contribution in [2.45, 2.75) is 0 Å². The van der Waals surface area contributed by atoms with Crippen molar-refractivity contribution in [3.63, 3.8) is 0 Å². The van der Waals surface area contributed by atoms with Crippen LogP contribution >= 0.6 is 16.5 Å². The monoisotopic (exact) mass is 244 g/mol. The molecule has 2 N–H and O–H groups in total. The first-order valence-corrected chi connectivity index (χ1v) is 3.79. The average molecular weight is 242 g/mol. The van der Waals surface area contributed by atoms with Crippen LogP contribution < -0.4 is 0 Å². The Morgan fingerprint density at radius 2 is 1.38 bits per heavy atom. The molecule has 0 radical (unpaired) electrons. The van der Waals surface area contributed by atoms with E-state index in [0.717, 1.165) is 0 Å². The molecule has 2 unspecified atom stereocenters. The van der Waals surface area contributed by atoms with Gasteiger partial charge in [0.25, 0.3) is 0 Å². The van der Waals surface area contributed by atoms with Gasteiger partial charge in [-0.2, -0.15) is 0 Å². The van der Waals surface area contributed by atoms with E-state index >= 15 is 0 Å². The van der Waals surface area contributed by atoms with Gasteiger partial charge in [0.2, 0.25) is 0 Å². The molecule has 0 spiro atoms. The van der Waals surface area contributed by atoms with E-state index < -0.39 is 16.5 Å². The van der Waals surface area contributed by atoms with Gasteiger partial charge in [0.05, 0.1) is 0 Å². The van der Waals surface area contributed by atoms with Gasteiger partial charge in [-0.3, -0.25) is 9.13 Å². The fraction of sp³-hybridized carbons (Fsp3) is 0. The maximum absolute atomic E-state index is 9.44. The third-order valence-corrected chi connectivity index (χ3v) is 1.57. The van der Waals surface area contributed by atoms with Gasteiger partial charge in [0.15, 0.2) is 0 Å². The van der Waals surface area contributed by atoms with Gasteiger partial charge in [-0.05, 0) is 0 Å². The Morgan fingerprint density at radius 3 is 1.38 bits per heavy atom. The molecular formula is H4MoO5P2. The minimum atomic E-state index is -3.20. The van der Waals surface area contributed by atoms with E-state index in [1.165, 1.54) is 0 Å². The Kier molecular flexibility index (Phi) is 9.06. The normalized spacial score (nSPS) is 16.2. The molecule has 0 amide bonds. The molecule has 0 aromatic heterocycles. The molecule has 0 rings (SSSR count). The van der Waals surface area contributed by atoms with E-state index in [1.54, 1.807) is 0 Å². The van der Waals surface area contributed by atoms with Gasteiger partial charge in [0.1, 0.15) is 0 Å². The van der Waals surface area contributed by atoms with Gasteiger partial charge in [-0.1, -0.05) is 0 Å². The molecule has 0 heterocycles. The Balaban J connectivity index is 0. The standard InChI is InChI=1S/Mo.H4O5P2/c;1-6(2)5-7(3)4/h;6-7H,(H,1,2)(H,3,4). The van der Waals surface area contributed by atoms with Gasteiger partial charge in [0, 0.05) is 21.1 Å². The van der Waals surface area contributed by atoms with Crippen molar-refractivity contribution in [2.75, 3.05) is 0 Å². The number of rotatable bonds is 2. The van der Waals surface area contributed by atoms with Crippen molar-refractivity contribution >= 4 is 16.5 Å². The van der Waals surface area contributed by atoms with Crippen molar-refractivity contribution in [1.82, 2.24) is 0 Å². The first-order valence-electron chi connectivity index (χ1n) is 1.26. The number of hydrogen-bond acceptors (Lipinski definition) is 3. The summed E-state index contributed by atoms with van der Waals surface area (Å²) in [7, 11) is -6.40. The van der Waals surface area contributed by atoms with Gasteiger partial charge in [-0.25, -0.2) is 4.31 Å². The zero-order valence-corrected chi connectivity index (χ0v) is 7.53. The minimum Gasteiger partial charge on any atom is -0.326 e. The SMILES string of the molecule is O=[PH](O)O[PH](=O)O.[Mo]. The third-order valence-electron chi connectivity index (χ3n) is 0.175. The summed E-state index contributed by atoms with van der Waals surface area (Å²) in [5.74, 6) is 0. The van der Waals surface area contributed by atoms with Crippen LogP contribution in [-0.4, -0.2) is 9.79 Å². The Bertz CT molecular complexity index is 86.6. The second-order valence-electron chi connectivity index (χ2n) is 0.634. The van der Waals surface area contributed by atoms with Crippen LogP contribution in [0, 0.1) is 0 Å². The molecule has 0 saturated carbocycles. The zero-order valence-electron chi connectivity index (χ0n) is 3.53. The van der Waals surface area contributed by atoms with Crippen LogP contribution in [0.5, 0.6) is 0 Å². The first-order chi connectivity index (χ1) is 3.13. The van der Waals surface area contributed by atoms with Crippen LogP contribution in [0.4, 0.5) is 0 Å². The van der Waals surface area contributed by atoms with Crippen molar-refractivity contribution in [2.24, 2.45) is 0 Å². The van der Waals surface area contributed by atoms with E-state index in [0.29, 0.717) is 0 Å². The van der Waals surface area contributed by atoms with E-state index in [1.807, 2.05) is 0 Å². The fourth-order valence-corrected chi connectivity index (χ4v) is 0.672. The minimum absolute atomic E-state index is 0. The first kappa shape index (κ1) is 11.8. The average Bonchev–Trinajstić information content (AvgIpc) is 1.27. The van der Waals surface area contributed by atoms with E-state index in [9.17, 15) is 9.13 Å². The summed E-state index contributed by atoms with van der Waals surface area (Å²) in [6.07, 6.45) is 0. The van der Waals surface area contributed by atoms with Gasteiger partial charge < -0.3 is 9.79 Å². The molecular weight excluding hydrogens is 238 g/mol. The molecule has 50 valence electrons. The molecule has 0 fully saturated rings. The molecule has 5 nitrogen and oxygen atoms in total. The quantitative estimate of drug-likeness (QED) is 0.515. The maximum Gasteiger partial charge on any atom is 0.323 e. The predicted molar refractivity (Wildman–Crippen MR) is 23.5 cm³/mol. The van der Waals surface area contributed by atoms with Crippen LogP contribution in [0.25, 0.3) is 0 Å². The molecule has 2 atom stereocenters. The van der Waals surface area contributed by atoms with Crippen LogP contribution in [0.2, 0.25) is 0 Å². The van der Waals surface area contributed by atoms with Crippen molar-refractivity contribution in [1.29, 1.82) is 0 Å². The molecule has 0 aromatic rings. The van der Waals surface area contributed by atoms with Gasteiger partial charge in [-0.15, -0.1) is 0 Å². The Morgan fingerprint density at radius 1 is 1.12 bits per heavy atom. The summed E-state index contributed by atoms with van der Waals surface area (Å²) in [4.78, 5) is 15.4. The summed E-state index contributed by atoms with van der Waals surface area (Å²) >= 11 is 0. The third kappa shape index (κ3) is 10.1. The Hall–Kier alpha value is 1.03. The second-order valence-corrected chi connectivity index (χ2v) is 2.51. The Labute approximate surface area is 61.2 Å². The summed E-state index contributed by atoms with van der Waals surface area (Å²) < 4.78 is 22.3. The van der Waals surface area contributed by atoms with Crippen molar-refractivity contribution in [3.05, 3.63) is 0 Å². The van der Waals surface area contributed by atoms with Gasteiger partial charge >= 0.3 is 16.5 Å². The molecule has 0 aromatic carbocycles. The molecule has 0 aliphatic rings. The molecule has 8 heavy (non-hydrogen) atoms. The summed E-state index contributed by atoms with van der Waals surface area (Å²) in [5.41, 5.74) is 0. The summed E-state index contributed by atoms with van der Waals surface area (Å²) in [5, 5.41) is 0. The fourth-order valence-electron chi connectivity index (χ4n) is 0.0747. The van der Waals surface area contributed by atoms with E-state index in [2.05, 4.69) is 4.31 Å². The van der Waals surface area contributed by atoms with Crippen LogP contribution in [0.1, 0.15) is 0 Å². The molecule has 0 aliphatic heterocycles. The van der Waals surface area contributed by atoms with E-state index in [-0.39, 0.29) is 21.1 Å². The molecule has 8 heteroatoms. The largest absolute Gasteiger partial charge is 0.326 e. The van der Waals surface area contributed by atoms with Crippen molar-refractivity contribution < 1.29 is 44.3 Å². The van der Waals surface area contributed by atoms with Crippen LogP contribution in [0.3, 0.4) is 0 Å². The van der Waals surface area contributed by atoms with Crippen molar-refractivity contribution in [3.8, 4) is 0 Å². The van der Waals surface area contributed by atoms with Crippen LogP contribution in [-0.2, 0) is 34.5 Å². The summed E-state index contributed by atoms with van der Waals surface area (Å²) in [6, 6.07) is 0. The summed E-state index contributed by atoms with van der Waals surface area (Å²) in [6.45, 7) is 0. The maximum atomic E-state index is 9.44. The second kappa shape index (κ2) is 6.15. The van der Waals surface area contributed by atoms with E-state index in [4.69, 9.17) is 9.79 Å². The smallest absolute Gasteiger partial charge is 0.323 e. The number of hydrogen-bond donors (Lipinski definition) is 2. The molecule has 0 saturated heterocycles. The molecule has 0 aliphatic carbocycles. The predicted octanol–water partition coefficient (Wildman–Crippen LogP) is -0.236. The molecule has 0 bridgehead atoms.